The SMILES string of the molecule is C=C(CC)N1CCC(C)C1CC. The number of hydrogen-bond donors (Lipinski definition) is 0. The second-order valence-corrected chi connectivity index (χ2v) is 3.85. The first-order valence-electron chi connectivity index (χ1n) is 5.15. The zero-order valence-corrected chi connectivity index (χ0v) is 8.64. The maximum Gasteiger partial charge on any atom is 0.0310 e. The van der Waals surface area contributed by atoms with E-state index < -0.39 is 0 Å². The van der Waals surface area contributed by atoms with Crippen LogP contribution in [0.25, 0.3) is 0 Å². The van der Waals surface area contributed by atoms with Gasteiger partial charge in [0.15, 0.2) is 0 Å². The maximum absolute atomic E-state index is 4.11. The largest absolute Gasteiger partial charge is 0.372 e. The normalized spacial score (nSPS) is 29.4. The molecule has 0 aliphatic carbocycles. The Morgan fingerprint density at radius 3 is 2.67 bits per heavy atom. The molecule has 12 heavy (non-hydrogen) atoms. The smallest absolute Gasteiger partial charge is 0.0310 e. The molecule has 1 nitrogen and oxygen atoms in total. The molecule has 0 saturated carbocycles. The summed E-state index contributed by atoms with van der Waals surface area (Å²) < 4.78 is 0. The van der Waals surface area contributed by atoms with Gasteiger partial charge in [-0.1, -0.05) is 27.4 Å². The number of likely N-dealkylation sites (tertiary alicyclic amines) is 1. The number of allylic oxidation sites excluding steroid dienone is 1. The Hall–Kier alpha value is -0.460. The van der Waals surface area contributed by atoms with Crippen molar-refractivity contribution in [1.29, 1.82) is 0 Å². The molecule has 1 fully saturated rings. The van der Waals surface area contributed by atoms with Gasteiger partial charge in [0.1, 0.15) is 0 Å². The van der Waals surface area contributed by atoms with Gasteiger partial charge in [-0.3, -0.25) is 0 Å². The maximum atomic E-state index is 4.11. The van der Waals surface area contributed by atoms with Crippen molar-refractivity contribution in [2.75, 3.05) is 6.54 Å². The molecule has 0 radical (unpaired) electrons. The first-order chi connectivity index (χ1) is 5.70. The lowest BCUT2D eigenvalue weighted by Gasteiger charge is -2.29. The summed E-state index contributed by atoms with van der Waals surface area (Å²) in [4.78, 5) is 2.50. The third-order valence-corrected chi connectivity index (χ3v) is 3.12. The molecule has 1 saturated heterocycles. The minimum absolute atomic E-state index is 0.762. The summed E-state index contributed by atoms with van der Waals surface area (Å²) in [7, 11) is 0. The molecule has 2 unspecified atom stereocenters. The van der Waals surface area contributed by atoms with Crippen molar-refractivity contribution < 1.29 is 0 Å². The fraction of sp³-hybridized carbons (Fsp3) is 0.818. The van der Waals surface area contributed by atoms with Crippen LogP contribution in [0.5, 0.6) is 0 Å². The lowest BCUT2D eigenvalue weighted by molar-refractivity contribution is 0.275. The van der Waals surface area contributed by atoms with Crippen LogP contribution in [0.15, 0.2) is 12.3 Å². The summed E-state index contributed by atoms with van der Waals surface area (Å²) in [6.45, 7) is 12.2. The van der Waals surface area contributed by atoms with Crippen LogP contribution < -0.4 is 0 Å². The van der Waals surface area contributed by atoms with E-state index in [2.05, 4.69) is 32.3 Å². The van der Waals surface area contributed by atoms with Crippen LogP contribution in [-0.2, 0) is 0 Å². The molecule has 1 heterocycles. The monoisotopic (exact) mass is 167 g/mol. The highest BCUT2D eigenvalue weighted by Crippen LogP contribution is 2.29. The van der Waals surface area contributed by atoms with E-state index in [0.29, 0.717) is 0 Å². The van der Waals surface area contributed by atoms with Crippen molar-refractivity contribution in [3.8, 4) is 0 Å². The molecular weight excluding hydrogens is 146 g/mol. The standard InChI is InChI=1S/C11H21N/c1-5-10(4)12-8-7-9(3)11(12)6-2/h9,11H,4-8H2,1-3H3. The van der Waals surface area contributed by atoms with E-state index in [-0.39, 0.29) is 0 Å². The third kappa shape index (κ3) is 1.65. The number of nitrogens with zero attached hydrogens (tertiary/aromatic N) is 1. The summed E-state index contributed by atoms with van der Waals surface area (Å²) in [6.07, 6.45) is 3.71. The van der Waals surface area contributed by atoms with Gasteiger partial charge in [0.05, 0.1) is 0 Å². The van der Waals surface area contributed by atoms with Gasteiger partial charge in [-0.15, -0.1) is 0 Å². The second kappa shape index (κ2) is 3.97. The summed E-state index contributed by atoms with van der Waals surface area (Å²) in [5.41, 5.74) is 1.33. The van der Waals surface area contributed by atoms with Crippen LogP contribution >= 0.6 is 0 Å². The highest BCUT2D eigenvalue weighted by Gasteiger charge is 2.29. The van der Waals surface area contributed by atoms with Crippen molar-refractivity contribution in [3.05, 3.63) is 12.3 Å². The number of hydrogen-bond acceptors (Lipinski definition) is 1. The minimum Gasteiger partial charge on any atom is -0.372 e. The molecule has 1 heteroatoms. The Kier molecular flexibility index (Phi) is 3.19. The van der Waals surface area contributed by atoms with Crippen molar-refractivity contribution >= 4 is 0 Å². The topological polar surface area (TPSA) is 3.24 Å². The molecule has 70 valence electrons. The summed E-state index contributed by atoms with van der Waals surface area (Å²) >= 11 is 0. The van der Waals surface area contributed by atoms with Crippen molar-refractivity contribution in [2.24, 2.45) is 5.92 Å². The van der Waals surface area contributed by atoms with Gasteiger partial charge >= 0.3 is 0 Å². The lowest BCUT2D eigenvalue weighted by atomic mass is 10.0. The van der Waals surface area contributed by atoms with Gasteiger partial charge in [-0.25, -0.2) is 0 Å². The predicted molar refractivity (Wildman–Crippen MR) is 54.0 cm³/mol. The molecule has 0 aromatic heterocycles. The van der Waals surface area contributed by atoms with Crippen LogP contribution in [-0.4, -0.2) is 17.5 Å². The Morgan fingerprint density at radius 2 is 2.17 bits per heavy atom. The quantitative estimate of drug-likeness (QED) is 0.624. The van der Waals surface area contributed by atoms with E-state index in [0.717, 1.165) is 18.4 Å². The second-order valence-electron chi connectivity index (χ2n) is 3.85. The molecule has 0 amide bonds. The van der Waals surface area contributed by atoms with Gasteiger partial charge in [-0.05, 0) is 25.2 Å². The molecular formula is C11H21N. The van der Waals surface area contributed by atoms with Crippen molar-refractivity contribution in [1.82, 2.24) is 4.90 Å². The van der Waals surface area contributed by atoms with Crippen LogP contribution in [0.3, 0.4) is 0 Å². The first kappa shape index (κ1) is 9.63. The Bertz CT molecular complexity index is 162. The molecule has 0 N–H and O–H groups in total. The van der Waals surface area contributed by atoms with Crippen LogP contribution in [0.1, 0.15) is 40.0 Å². The highest BCUT2D eigenvalue weighted by molar-refractivity contribution is 5.00. The average Bonchev–Trinajstić information content (AvgIpc) is 2.45. The molecule has 0 aromatic carbocycles. The zero-order chi connectivity index (χ0) is 9.14. The van der Waals surface area contributed by atoms with Crippen LogP contribution in [0.4, 0.5) is 0 Å². The fourth-order valence-electron chi connectivity index (χ4n) is 2.23. The summed E-state index contributed by atoms with van der Waals surface area (Å²) in [5, 5.41) is 0. The van der Waals surface area contributed by atoms with E-state index in [9.17, 15) is 0 Å². The lowest BCUT2D eigenvalue weighted by Crippen LogP contribution is -2.30. The summed E-state index contributed by atoms with van der Waals surface area (Å²) in [5.74, 6) is 0.860. The first-order valence-corrected chi connectivity index (χ1v) is 5.15. The fourth-order valence-corrected chi connectivity index (χ4v) is 2.23. The summed E-state index contributed by atoms with van der Waals surface area (Å²) in [6, 6.07) is 0.762. The van der Waals surface area contributed by atoms with Crippen LogP contribution in [0, 0.1) is 5.92 Å². The predicted octanol–water partition coefficient (Wildman–Crippen LogP) is 3.03. The van der Waals surface area contributed by atoms with E-state index in [1.54, 1.807) is 0 Å². The van der Waals surface area contributed by atoms with Gasteiger partial charge in [0.2, 0.25) is 0 Å². The van der Waals surface area contributed by atoms with Crippen molar-refractivity contribution in [2.45, 2.75) is 46.1 Å². The van der Waals surface area contributed by atoms with Gasteiger partial charge in [0.25, 0.3) is 0 Å². The molecule has 2 atom stereocenters. The third-order valence-electron chi connectivity index (χ3n) is 3.12. The zero-order valence-electron chi connectivity index (χ0n) is 8.64. The highest BCUT2D eigenvalue weighted by atomic mass is 15.2. The van der Waals surface area contributed by atoms with Gasteiger partial charge in [0, 0.05) is 18.3 Å². The van der Waals surface area contributed by atoms with Crippen LogP contribution in [0.2, 0.25) is 0 Å². The Morgan fingerprint density at radius 1 is 1.50 bits per heavy atom. The number of rotatable bonds is 3. The van der Waals surface area contributed by atoms with Gasteiger partial charge in [-0.2, -0.15) is 0 Å². The Labute approximate surface area is 76.5 Å². The Balaban J connectivity index is 2.60. The average molecular weight is 167 g/mol. The van der Waals surface area contributed by atoms with Gasteiger partial charge < -0.3 is 4.90 Å². The molecule has 0 bridgehead atoms. The molecule has 1 aliphatic heterocycles. The minimum atomic E-state index is 0.762. The molecule has 0 aromatic rings. The molecule has 1 rings (SSSR count). The van der Waals surface area contributed by atoms with E-state index in [1.165, 1.54) is 25.1 Å². The van der Waals surface area contributed by atoms with E-state index in [4.69, 9.17) is 0 Å². The molecule has 0 spiro atoms. The molecule has 1 aliphatic rings. The van der Waals surface area contributed by atoms with E-state index >= 15 is 0 Å². The van der Waals surface area contributed by atoms with E-state index in [1.807, 2.05) is 0 Å². The van der Waals surface area contributed by atoms with Crippen molar-refractivity contribution in [3.63, 3.8) is 0 Å².